The molecule has 130 valence electrons. The molecule has 2 heteroatoms. The molecule has 0 atom stereocenters. The molecular weight excluding hydrogens is 407 g/mol. The van der Waals surface area contributed by atoms with Crippen molar-refractivity contribution >= 4 is 22.6 Å². The van der Waals surface area contributed by atoms with Gasteiger partial charge in [0.1, 0.15) is 5.75 Å². The fraction of sp³-hybridized carbons (Fsp3) is 0.455. The molecule has 2 aromatic carbocycles. The van der Waals surface area contributed by atoms with E-state index in [1.165, 1.54) is 31.4 Å². The molecule has 0 fully saturated rings. The smallest absolute Gasteiger partial charge is 0.132 e. The summed E-state index contributed by atoms with van der Waals surface area (Å²) >= 11 is 2.42. The normalized spacial score (nSPS) is 11.6. The minimum absolute atomic E-state index is 0.484. The molecule has 2 rings (SSSR count). The molecule has 0 bridgehead atoms. The van der Waals surface area contributed by atoms with Crippen LogP contribution in [0, 0.1) is 3.57 Å². The summed E-state index contributed by atoms with van der Waals surface area (Å²) in [4.78, 5) is 0. The van der Waals surface area contributed by atoms with Gasteiger partial charge in [-0.05, 0) is 74.2 Å². The summed E-state index contributed by atoms with van der Waals surface area (Å²) in [6, 6.07) is 11.2. The molecule has 0 spiro atoms. The molecule has 0 unspecified atom stereocenters. The zero-order chi connectivity index (χ0) is 18.0. The van der Waals surface area contributed by atoms with Gasteiger partial charge < -0.3 is 4.74 Å². The van der Waals surface area contributed by atoms with E-state index in [0.29, 0.717) is 17.8 Å². The van der Waals surface area contributed by atoms with Crippen LogP contribution in [0.3, 0.4) is 0 Å². The first-order valence-electron chi connectivity index (χ1n) is 8.78. The first-order valence-corrected chi connectivity index (χ1v) is 9.86. The minimum Gasteiger partial charge on any atom is -0.496 e. The van der Waals surface area contributed by atoms with Crippen LogP contribution in [-0.2, 0) is 0 Å². The lowest BCUT2D eigenvalue weighted by Gasteiger charge is -2.24. The third kappa shape index (κ3) is 3.79. The maximum absolute atomic E-state index is 5.56. The van der Waals surface area contributed by atoms with Gasteiger partial charge in [-0.3, -0.25) is 0 Å². The number of hydrogen-bond acceptors (Lipinski definition) is 1. The SMILES string of the molecule is COc1cccc(-c2c(C(C)C)cc(C(C)C)cc2C(C)C)c1I. The number of rotatable bonds is 5. The minimum atomic E-state index is 0.484. The quantitative estimate of drug-likeness (QED) is 0.446. The van der Waals surface area contributed by atoms with E-state index >= 15 is 0 Å². The predicted molar refractivity (Wildman–Crippen MR) is 113 cm³/mol. The van der Waals surface area contributed by atoms with Crippen LogP contribution in [0.25, 0.3) is 11.1 Å². The maximum atomic E-state index is 5.56. The van der Waals surface area contributed by atoms with Crippen molar-refractivity contribution < 1.29 is 4.74 Å². The van der Waals surface area contributed by atoms with E-state index in [1.807, 2.05) is 6.07 Å². The summed E-state index contributed by atoms with van der Waals surface area (Å²) in [5.41, 5.74) is 7.00. The molecule has 0 aliphatic heterocycles. The Hall–Kier alpha value is -1.03. The molecule has 0 aliphatic carbocycles. The molecule has 0 amide bonds. The van der Waals surface area contributed by atoms with E-state index in [2.05, 4.69) is 88.4 Å². The molecule has 0 N–H and O–H groups in total. The Bertz CT molecular complexity index is 685. The van der Waals surface area contributed by atoms with Gasteiger partial charge in [0.2, 0.25) is 0 Å². The largest absolute Gasteiger partial charge is 0.496 e. The monoisotopic (exact) mass is 436 g/mol. The van der Waals surface area contributed by atoms with Crippen molar-refractivity contribution in [3.05, 3.63) is 50.6 Å². The van der Waals surface area contributed by atoms with Gasteiger partial charge in [0.15, 0.2) is 0 Å². The van der Waals surface area contributed by atoms with E-state index in [-0.39, 0.29) is 0 Å². The number of benzene rings is 2. The van der Waals surface area contributed by atoms with Crippen molar-refractivity contribution in [2.45, 2.75) is 59.3 Å². The molecule has 0 saturated carbocycles. The Balaban J connectivity index is 2.86. The lowest BCUT2D eigenvalue weighted by atomic mass is 9.82. The Labute approximate surface area is 161 Å². The van der Waals surface area contributed by atoms with Crippen molar-refractivity contribution in [2.75, 3.05) is 7.11 Å². The molecule has 24 heavy (non-hydrogen) atoms. The summed E-state index contributed by atoms with van der Waals surface area (Å²) in [5.74, 6) is 2.46. The summed E-state index contributed by atoms with van der Waals surface area (Å²) in [5, 5.41) is 0. The van der Waals surface area contributed by atoms with Crippen LogP contribution in [0.1, 0.15) is 76.0 Å². The van der Waals surface area contributed by atoms with E-state index in [4.69, 9.17) is 4.74 Å². The van der Waals surface area contributed by atoms with Crippen LogP contribution >= 0.6 is 22.6 Å². The van der Waals surface area contributed by atoms with Crippen LogP contribution in [-0.4, -0.2) is 7.11 Å². The van der Waals surface area contributed by atoms with Gasteiger partial charge in [-0.15, -0.1) is 0 Å². The summed E-state index contributed by atoms with van der Waals surface area (Å²) in [6.07, 6.45) is 0. The summed E-state index contributed by atoms with van der Waals surface area (Å²) in [6.45, 7) is 13.7. The summed E-state index contributed by atoms with van der Waals surface area (Å²) < 4.78 is 6.76. The Kier molecular flexibility index (Phi) is 6.35. The molecule has 0 radical (unpaired) electrons. The average Bonchev–Trinajstić information content (AvgIpc) is 2.53. The molecular formula is C22H29IO. The Morgan fingerprint density at radius 2 is 1.38 bits per heavy atom. The van der Waals surface area contributed by atoms with Crippen LogP contribution in [0.2, 0.25) is 0 Å². The van der Waals surface area contributed by atoms with Gasteiger partial charge in [-0.1, -0.05) is 65.8 Å². The van der Waals surface area contributed by atoms with Crippen LogP contribution in [0.5, 0.6) is 5.75 Å². The average molecular weight is 436 g/mol. The Morgan fingerprint density at radius 3 is 1.79 bits per heavy atom. The fourth-order valence-electron chi connectivity index (χ4n) is 3.13. The highest BCUT2D eigenvalue weighted by Crippen LogP contribution is 2.42. The lowest BCUT2D eigenvalue weighted by Crippen LogP contribution is -2.04. The van der Waals surface area contributed by atoms with Gasteiger partial charge in [0.05, 0.1) is 10.7 Å². The maximum Gasteiger partial charge on any atom is 0.132 e. The first kappa shape index (κ1) is 19.3. The second-order valence-electron chi connectivity index (χ2n) is 7.36. The third-order valence-corrected chi connectivity index (χ3v) is 5.70. The predicted octanol–water partition coefficient (Wildman–Crippen LogP) is 7.34. The van der Waals surface area contributed by atoms with Crippen LogP contribution < -0.4 is 4.74 Å². The highest BCUT2D eigenvalue weighted by atomic mass is 127. The van der Waals surface area contributed by atoms with Crippen molar-refractivity contribution in [2.24, 2.45) is 0 Å². The molecule has 0 aliphatic rings. The molecule has 0 heterocycles. The number of methoxy groups -OCH3 is 1. The van der Waals surface area contributed by atoms with Gasteiger partial charge in [-0.2, -0.15) is 0 Å². The topological polar surface area (TPSA) is 9.23 Å². The lowest BCUT2D eigenvalue weighted by molar-refractivity contribution is 0.412. The van der Waals surface area contributed by atoms with Crippen molar-refractivity contribution in [3.8, 4) is 16.9 Å². The third-order valence-electron chi connectivity index (χ3n) is 4.58. The molecule has 0 aromatic heterocycles. The number of hydrogen-bond donors (Lipinski definition) is 0. The highest BCUT2D eigenvalue weighted by Gasteiger charge is 2.21. The van der Waals surface area contributed by atoms with E-state index in [1.54, 1.807) is 7.11 Å². The molecule has 2 aromatic rings. The molecule has 0 saturated heterocycles. The van der Waals surface area contributed by atoms with E-state index < -0.39 is 0 Å². The highest BCUT2D eigenvalue weighted by molar-refractivity contribution is 14.1. The van der Waals surface area contributed by atoms with Crippen molar-refractivity contribution in [3.63, 3.8) is 0 Å². The zero-order valence-corrected chi connectivity index (χ0v) is 18.1. The summed E-state index contributed by atoms with van der Waals surface area (Å²) in [7, 11) is 1.75. The number of halogens is 1. The van der Waals surface area contributed by atoms with E-state index in [0.717, 1.165) is 5.75 Å². The molecule has 1 nitrogen and oxygen atoms in total. The van der Waals surface area contributed by atoms with Gasteiger partial charge >= 0.3 is 0 Å². The van der Waals surface area contributed by atoms with Crippen molar-refractivity contribution in [1.82, 2.24) is 0 Å². The standard InChI is InChI=1S/C22H29IO/c1-13(2)16-11-18(14(3)4)21(19(12-16)15(5)6)17-9-8-10-20(24-7)22(17)23/h8-15H,1-7H3. The second kappa shape index (κ2) is 7.90. The van der Waals surface area contributed by atoms with Gasteiger partial charge in [-0.25, -0.2) is 0 Å². The van der Waals surface area contributed by atoms with E-state index in [9.17, 15) is 0 Å². The van der Waals surface area contributed by atoms with Gasteiger partial charge in [0.25, 0.3) is 0 Å². The van der Waals surface area contributed by atoms with Crippen LogP contribution in [0.4, 0.5) is 0 Å². The van der Waals surface area contributed by atoms with Crippen LogP contribution in [0.15, 0.2) is 30.3 Å². The van der Waals surface area contributed by atoms with Crippen molar-refractivity contribution in [1.29, 1.82) is 0 Å². The first-order chi connectivity index (χ1) is 11.3. The fourth-order valence-corrected chi connectivity index (χ4v) is 3.98. The second-order valence-corrected chi connectivity index (χ2v) is 8.44. The Morgan fingerprint density at radius 1 is 0.833 bits per heavy atom. The zero-order valence-electron chi connectivity index (χ0n) is 15.9. The number of ether oxygens (including phenoxy) is 1. The van der Waals surface area contributed by atoms with Gasteiger partial charge in [0, 0.05) is 0 Å².